The SMILES string of the molecule is CCc1cc(C#Cc2ccc([S])cc2)ccc1C#Cc1ccccc1. The Kier molecular flexibility index (Phi) is 5.53. The van der Waals surface area contributed by atoms with Crippen molar-refractivity contribution in [2.75, 3.05) is 0 Å². The summed E-state index contributed by atoms with van der Waals surface area (Å²) in [4.78, 5) is 0.833. The average molecular weight is 337 g/mol. The van der Waals surface area contributed by atoms with Crippen LogP contribution >= 0.6 is 12.6 Å². The predicted molar refractivity (Wildman–Crippen MR) is 107 cm³/mol. The number of hydrogen-bond donors (Lipinski definition) is 0. The molecule has 0 fully saturated rings. The molecule has 3 rings (SSSR count). The molecule has 0 unspecified atom stereocenters. The molecule has 0 aliphatic rings. The average Bonchev–Trinajstić information content (AvgIpc) is 2.67. The Morgan fingerprint density at radius 2 is 1.28 bits per heavy atom. The third-order valence-corrected chi connectivity index (χ3v) is 4.08. The summed E-state index contributed by atoms with van der Waals surface area (Å²) in [6, 6.07) is 24.0. The maximum atomic E-state index is 5.10. The molecule has 3 aromatic carbocycles. The lowest BCUT2D eigenvalue weighted by molar-refractivity contribution is 1.13. The van der Waals surface area contributed by atoms with E-state index in [9.17, 15) is 0 Å². The van der Waals surface area contributed by atoms with E-state index in [-0.39, 0.29) is 0 Å². The second-order valence-electron chi connectivity index (χ2n) is 5.62. The normalized spacial score (nSPS) is 9.48. The van der Waals surface area contributed by atoms with Crippen LogP contribution in [0, 0.1) is 23.7 Å². The fourth-order valence-corrected chi connectivity index (χ4v) is 2.57. The van der Waals surface area contributed by atoms with Gasteiger partial charge in [0.05, 0.1) is 0 Å². The van der Waals surface area contributed by atoms with E-state index >= 15 is 0 Å². The summed E-state index contributed by atoms with van der Waals surface area (Å²) in [6.07, 6.45) is 0.930. The largest absolute Gasteiger partial charge is 0.0801 e. The van der Waals surface area contributed by atoms with E-state index in [1.165, 1.54) is 5.56 Å². The molecule has 0 spiro atoms. The molecule has 0 nitrogen and oxygen atoms in total. The minimum Gasteiger partial charge on any atom is -0.0801 e. The third-order valence-electron chi connectivity index (χ3n) is 3.81. The first-order chi connectivity index (χ1) is 12.2. The van der Waals surface area contributed by atoms with Crippen molar-refractivity contribution in [2.45, 2.75) is 18.2 Å². The summed E-state index contributed by atoms with van der Waals surface area (Å²) in [5, 5.41) is 0. The molecule has 0 heterocycles. The molecule has 119 valence electrons. The molecule has 0 bridgehead atoms. The van der Waals surface area contributed by atoms with Gasteiger partial charge < -0.3 is 0 Å². The number of hydrogen-bond acceptors (Lipinski definition) is 0. The van der Waals surface area contributed by atoms with Gasteiger partial charge in [0.1, 0.15) is 0 Å². The zero-order valence-corrected chi connectivity index (χ0v) is 14.9. The van der Waals surface area contributed by atoms with Crippen molar-refractivity contribution in [3.63, 3.8) is 0 Å². The van der Waals surface area contributed by atoms with Gasteiger partial charge in [-0.25, -0.2) is 0 Å². The molecular weight excluding hydrogens is 320 g/mol. The fraction of sp³-hybridized carbons (Fsp3) is 0.0833. The topological polar surface area (TPSA) is 0 Å². The van der Waals surface area contributed by atoms with Crippen molar-refractivity contribution >= 4 is 12.6 Å². The maximum absolute atomic E-state index is 5.10. The van der Waals surface area contributed by atoms with Gasteiger partial charge in [0.15, 0.2) is 0 Å². The fourth-order valence-electron chi connectivity index (χ4n) is 2.43. The second-order valence-corrected chi connectivity index (χ2v) is 6.09. The molecule has 0 saturated heterocycles. The number of aryl methyl sites for hydroxylation is 1. The van der Waals surface area contributed by atoms with E-state index in [4.69, 9.17) is 12.6 Å². The van der Waals surface area contributed by atoms with Crippen LogP contribution in [0.1, 0.15) is 34.7 Å². The zero-order chi connectivity index (χ0) is 17.5. The maximum Gasteiger partial charge on any atom is 0.0377 e. The van der Waals surface area contributed by atoms with Crippen molar-refractivity contribution < 1.29 is 0 Å². The summed E-state index contributed by atoms with van der Waals surface area (Å²) in [6.45, 7) is 2.14. The quantitative estimate of drug-likeness (QED) is 0.507. The van der Waals surface area contributed by atoms with E-state index in [0.717, 1.165) is 33.6 Å². The first-order valence-electron chi connectivity index (χ1n) is 8.23. The van der Waals surface area contributed by atoms with E-state index in [1.807, 2.05) is 60.7 Å². The number of benzene rings is 3. The van der Waals surface area contributed by atoms with E-state index < -0.39 is 0 Å². The van der Waals surface area contributed by atoms with Crippen LogP contribution in [0.4, 0.5) is 0 Å². The summed E-state index contributed by atoms with van der Waals surface area (Å²) < 4.78 is 0. The minimum atomic E-state index is 0.833. The van der Waals surface area contributed by atoms with E-state index in [0.29, 0.717) is 0 Å². The second kappa shape index (κ2) is 8.20. The van der Waals surface area contributed by atoms with Crippen molar-refractivity contribution in [3.05, 3.63) is 101 Å². The standard InChI is InChI=1S/C24H17S/c1-2-22-18-21(9-8-20-12-16-24(25)17-13-20)11-15-23(22)14-10-19-6-4-3-5-7-19/h3-7,11-13,15-18H,2H2,1H3. The molecule has 0 atom stereocenters. The Balaban J connectivity index is 1.85. The van der Waals surface area contributed by atoms with Crippen LogP contribution in [0.15, 0.2) is 77.7 Å². The van der Waals surface area contributed by atoms with Crippen LogP contribution in [0.2, 0.25) is 0 Å². The lowest BCUT2D eigenvalue weighted by Gasteiger charge is -2.02. The lowest BCUT2D eigenvalue weighted by atomic mass is 10.0. The molecule has 0 aliphatic heterocycles. The highest BCUT2D eigenvalue weighted by atomic mass is 32.1. The monoisotopic (exact) mass is 337 g/mol. The Morgan fingerprint density at radius 1 is 0.680 bits per heavy atom. The van der Waals surface area contributed by atoms with Crippen LogP contribution in [-0.2, 0) is 6.42 Å². The first kappa shape index (κ1) is 16.8. The zero-order valence-electron chi connectivity index (χ0n) is 14.0. The Morgan fingerprint density at radius 3 is 2.00 bits per heavy atom. The van der Waals surface area contributed by atoms with Crippen LogP contribution in [0.5, 0.6) is 0 Å². The molecule has 0 amide bonds. The van der Waals surface area contributed by atoms with Gasteiger partial charge in [-0.3, -0.25) is 0 Å². The van der Waals surface area contributed by atoms with E-state index in [2.05, 4.69) is 42.7 Å². The molecular formula is C24H17S. The van der Waals surface area contributed by atoms with Gasteiger partial charge in [0.25, 0.3) is 0 Å². The summed E-state index contributed by atoms with van der Waals surface area (Å²) >= 11 is 5.10. The minimum absolute atomic E-state index is 0.833. The van der Waals surface area contributed by atoms with Crippen molar-refractivity contribution in [3.8, 4) is 23.7 Å². The van der Waals surface area contributed by atoms with Crippen LogP contribution in [-0.4, -0.2) is 0 Å². The lowest BCUT2D eigenvalue weighted by Crippen LogP contribution is -1.89. The summed E-state index contributed by atoms with van der Waals surface area (Å²) in [5.41, 5.74) is 5.28. The molecule has 0 N–H and O–H groups in total. The summed E-state index contributed by atoms with van der Waals surface area (Å²) in [7, 11) is 0. The number of rotatable bonds is 1. The van der Waals surface area contributed by atoms with Crippen molar-refractivity contribution in [1.82, 2.24) is 0 Å². The predicted octanol–water partition coefficient (Wildman–Crippen LogP) is 5.61. The van der Waals surface area contributed by atoms with Gasteiger partial charge in [0, 0.05) is 27.1 Å². The van der Waals surface area contributed by atoms with E-state index in [1.54, 1.807) is 0 Å². The smallest absolute Gasteiger partial charge is 0.0377 e. The first-order valence-corrected chi connectivity index (χ1v) is 8.64. The van der Waals surface area contributed by atoms with Crippen molar-refractivity contribution in [2.24, 2.45) is 0 Å². The van der Waals surface area contributed by atoms with Gasteiger partial charge in [-0.15, -0.1) is 0 Å². The molecule has 1 heteroatoms. The Labute approximate surface area is 155 Å². The van der Waals surface area contributed by atoms with Gasteiger partial charge in [-0.1, -0.05) is 61.4 Å². The van der Waals surface area contributed by atoms with Crippen LogP contribution < -0.4 is 0 Å². The Hall–Kier alpha value is -3.00. The van der Waals surface area contributed by atoms with Crippen LogP contribution in [0.3, 0.4) is 0 Å². The van der Waals surface area contributed by atoms with Gasteiger partial charge in [-0.05, 0) is 66.6 Å². The highest BCUT2D eigenvalue weighted by Crippen LogP contribution is 2.13. The summed E-state index contributed by atoms with van der Waals surface area (Å²) in [5.74, 6) is 12.9. The molecule has 0 aromatic heterocycles. The molecule has 25 heavy (non-hydrogen) atoms. The Bertz CT molecular complexity index is 975. The van der Waals surface area contributed by atoms with Gasteiger partial charge in [-0.2, -0.15) is 0 Å². The highest BCUT2D eigenvalue weighted by molar-refractivity contribution is 7.80. The third kappa shape index (κ3) is 4.74. The van der Waals surface area contributed by atoms with Gasteiger partial charge in [0.2, 0.25) is 0 Å². The highest BCUT2D eigenvalue weighted by Gasteiger charge is 1.99. The van der Waals surface area contributed by atoms with Gasteiger partial charge >= 0.3 is 0 Å². The van der Waals surface area contributed by atoms with Crippen molar-refractivity contribution in [1.29, 1.82) is 0 Å². The van der Waals surface area contributed by atoms with Crippen LogP contribution in [0.25, 0.3) is 0 Å². The molecule has 0 aliphatic carbocycles. The molecule has 0 saturated carbocycles. The molecule has 1 radical (unpaired) electrons. The molecule has 3 aromatic rings.